The first-order chi connectivity index (χ1) is 14.8. The fraction of sp³-hybridized carbons (Fsp3) is 0.462. The van der Waals surface area contributed by atoms with Crippen molar-refractivity contribution in [3.05, 3.63) is 70.2 Å². The normalized spacial score (nSPS) is 15.7. The minimum Gasteiger partial charge on any atom is -0.344 e. The molecule has 1 aliphatic rings. The van der Waals surface area contributed by atoms with E-state index in [1.54, 1.807) is 0 Å². The third kappa shape index (κ3) is 6.33. The molecule has 2 aromatic carbocycles. The zero-order valence-corrected chi connectivity index (χ0v) is 19.5. The lowest BCUT2D eigenvalue weighted by Gasteiger charge is -2.35. The first-order valence-electron chi connectivity index (χ1n) is 11.2. The van der Waals surface area contributed by atoms with Gasteiger partial charge in [0, 0.05) is 24.5 Å². The van der Waals surface area contributed by atoms with Gasteiger partial charge in [0.05, 0.1) is 0 Å². The standard InChI is InChI=1S/C26H33ClN2O2/c1-18(2)25(28-24(30)13-10-20-7-5-4-6-19(20)3)26(31)29-16-14-22(15-17-29)21-8-11-23(27)12-9-21/h4-9,11-12,18,22,25H,10,13-17H2,1-3H3,(H,28,30). The molecule has 2 aromatic rings. The molecule has 1 fully saturated rings. The number of hydrogen-bond donors (Lipinski definition) is 1. The van der Waals surface area contributed by atoms with E-state index in [4.69, 9.17) is 11.6 Å². The average Bonchev–Trinajstić information content (AvgIpc) is 2.77. The minimum atomic E-state index is -0.476. The molecule has 1 aliphatic heterocycles. The van der Waals surface area contributed by atoms with Crippen LogP contribution in [0.25, 0.3) is 0 Å². The number of nitrogens with zero attached hydrogens (tertiary/aromatic N) is 1. The van der Waals surface area contributed by atoms with Crippen LogP contribution < -0.4 is 5.32 Å². The number of halogens is 1. The van der Waals surface area contributed by atoms with E-state index in [1.807, 2.05) is 43.0 Å². The van der Waals surface area contributed by atoms with Crippen molar-refractivity contribution in [1.29, 1.82) is 0 Å². The summed E-state index contributed by atoms with van der Waals surface area (Å²) in [5.41, 5.74) is 3.64. The Morgan fingerprint density at radius 3 is 2.32 bits per heavy atom. The van der Waals surface area contributed by atoms with Gasteiger partial charge in [0.1, 0.15) is 6.04 Å². The molecule has 1 N–H and O–H groups in total. The smallest absolute Gasteiger partial charge is 0.245 e. The topological polar surface area (TPSA) is 49.4 Å². The van der Waals surface area contributed by atoms with Crippen molar-refractivity contribution in [2.45, 2.75) is 58.4 Å². The van der Waals surface area contributed by atoms with Crippen LogP contribution in [0.3, 0.4) is 0 Å². The summed E-state index contributed by atoms with van der Waals surface area (Å²) in [6, 6.07) is 15.6. The second kappa shape index (κ2) is 10.8. The SMILES string of the molecule is Cc1ccccc1CCC(=O)NC(C(=O)N1CCC(c2ccc(Cl)cc2)CC1)C(C)C. The molecule has 1 atom stereocenters. The van der Waals surface area contributed by atoms with Crippen molar-refractivity contribution in [3.63, 3.8) is 0 Å². The minimum absolute atomic E-state index is 0.0359. The Kier molecular flexibility index (Phi) is 8.14. The van der Waals surface area contributed by atoms with Crippen LogP contribution in [0.5, 0.6) is 0 Å². The van der Waals surface area contributed by atoms with E-state index in [0.717, 1.165) is 17.9 Å². The van der Waals surface area contributed by atoms with E-state index in [2.05, 4.69) is 36.5 Å². The van der Waals surface area contributed by atoms with Gasteiger partial charge in [0.25, 0.3) is 0 Å². The molecule has 31 heavy (non-hydrogen) atoms. The van der Waals surface area contributed by atoms with Gasteiger partial charge in [-0.25, -0.2) is 0 Å². The van der Waals surface area contributed by atoms with Gasteiger partial charge in [-0.15, -0.1) is 0 Å². The lowest BCUT2D eigenvalue weighted by Crippen LogP contribution is -2.52. The number of aryl methyl sites for hydroxylation is 2. The Balaban J connectivity index is 1.53. The second-order valence-corrected chi connectivity index (χ2v) is 9.30. The lowest BCUT2D eigenvalue weighted by atomic mass is 9.89. The summed E-state index contributed by atoms with van der Waals surface area (Å²) in [5.74, 6) is 0.464. The van der Waals surface area contributed by atoms with Crippen LogP contribution in [0, 0.1) is 12.8 Å². The molecule has 0 radical (unpaired) electrons. The van der Waals surface area contributed by atoms with Gasteiger partial charge < -0.3 is 10.2 Å². The lowest BCUT2D eigenvalue weighted by molar-refractivity contribution is -0.138. The third-order valence-electron chi connectivity index (χ3n) is 6.28. The number of carbonyl (C=O) groups excluding carboxylic acids is 2. The van der Waals surface area contributed by atoms with Crippen LogP contribution in [0.15, 0.2) is 48.5 Å². The molecular weight excluding hydrogens is 408 g/mol. The molecule has 0 aliphatic carbocycles. The van der Waals surface area contributed by atoms with Crippen molar-refractivity contribution in [2.75, 3.05) is 13.1 Å². The molecule has 3 rings (SSSR count). The van der Waals surface area contributed by atoms with Crippen molar-refractivity contribution in [1.82, 2.24) is 10.2 Å². The van der Waals surface area contributed by atoms with Crippen LogP contribution in [-0.4, -0.2) is 35.8 Å². The molecule has 1 heterocycles. The first kappa shape index (κ1) is 23.3. The third-order valence-corrected chi connectivity index (χ3v) is 6.53. The van der Waals surface area contributed by atoms with Crippen LogP contribution >= 0.6 is 11.6 Å². The molecule has 0 aromatic heterocycles. The summed E-state index contributed by atoms with van der Waals surface area (Å²) in [7, 11) is 0. The van der Waals surface area contributed by atoms with E-state index >= 15 is 0 Å². The molecule has 5 heteroatoms. The number of carbonyl (C=O) groups is 2. The van der Waals surface area contributed by atoms with Gasteiger partial charge in [-0.3, -0.25) is 9.59 Å². The van der Waals surface area contributed by atoms with Crippen molar-refractivity contribution < 1.29 is 9.59 Å². The highest BCUT2D eigenvalue weighted by atomic mass is 35.5. The molecule has 4 nitrogen and oxygen atoms in total. The van der Waals surface area contributed by atoms with E-state index in [0.29, 0.717) is 31.8 Å². The molecule has 1 saturated heterocycles. The number of amides is 2. The first-order valence-corrected chi connectivity index (χ1v) is 11.6. The largest absolute Gasteiger partial charge is 0.344 e. The van der Waals surface area contributed by atoms with E-state index in [-0.39, 0.29) is 17.7 Å². The summed E-state index contributed by atoms with van der Waals surface area (Å²) in [6.07, 6.45) is 2.93. The van der Waals surface area contributed by atoms with Crippen LogP contribution in [-0.2, 0) is 16.0 Å². The zero-order valence-electron chi connectivity index (χ0n) is 18.7. The van der Waals surface area contributed by atoms with Gasteiger partial charge >= 0.3 is 0 Å². The van der Waals surface area contributed by atoms with Crippen molar-refractivity contribution in [2.24, 2.45) is 5.92 Å². The Hall–Kier alpha value is -2.33. The molecule has 0 bridgehead atoms. The van der Waals surface area contributed by atoms with Crippen molar-refractivity contribution in [3.8, 4) is 0 Å². The average molecular weight is 441 g/mol. The maximum absolute atomic E-state index is 13.2. The number of likely N-dealkylation sites (tertiary alicyclic amines) is 1. The number of nitrogens with one attached hydrogen (secondary N) is 1. The number of benzene rings is 2. The number of rotatable bonds is 7. The van der Waals surface area contributed by atoms with Gasteiger partial charge in [-0.05, 0) is 66.8 Å². The molecule has 0 spiro atoms. The van der Waals surface area contributed by atoms with Crippen LogP contribution in [0.1, 0.15) is 55.7 Å². The summed E-state index contributed by atoms with van der Waals surface area (Å²) < 4.78 is 0. The van der Waals surface area contributed by atoms with Gasteiger partial charge in [0.2, 0.25) is 11.8 Å². The number of hydrogen-bond acceptors (Lipinski definition) is 2. The van der Waals surface area contributed by atoms with Gasteiger partial charge in [-0.2, -0.15) is 0 Å². The summed E-state index contributed by atoms with van der Waals surface area (Å²) >= 11 is 6.00. The second-order valence-electron chi connectivity index (χ2n) is 8.87. The van der Waals surface area contributed by atoms with E-state index in [1.165, 1.54) is 16.7 Å². The zero-order chi connectivity index (χ0) is 22.4. The maximum Gasteiger partial charge on any atom is 0.245 e. The highest BCUT2D eigenvalue weighted by Gasteiger charge is 2.31. The fourth-order valence-corrected chi connectivity index (χ4v) is 4.39. The predicted octanol–water partition coefficient (Wildman–Crippen LogP) is 5.13. The van der Waals surface area contributed by atoms with Crippen LogP contribution in [0.4, 0.5) is 0 Å². The molecule has 166 valence electrons. The quantitative estimate of drug-likeness (QED) is 0.648. The number of piperidine rings is 1. The van der Waals surface area contributed by atoms with Gasteiger partial charge in [0.15, 0.2) is 0 Å². The molecular formula is C26H33ClN2O2. The predicted molar refractivity (Wildman–Crippen MR) is 126 cm³/mol. The van der Waals surface area contributed by atoms with E-state index in [9.17, 15) is 9.59 Å². The van der Waals surface area contributed by atoms with E-state index < -0.39 is 6.04 Å². The summed E-state index contributed by atoms with van der Waals surface area (Å²) in [6.45, 7) is 7.47. The van der Waals surface area contributed by atoms with Crippen LogP contribution in [0.2, 0.25) is 5.02 Å². The van der Waals surface area contributed by atoms with Gasteiger partial charge in [-0.1, -0.05) is 61.8 Å². The Morgan fingerprint density at radius 1 is 1.06 bits per heavy atom. The fourth-order valence-electron chi connectivity index (χ4n) is 4.26. The maximum atomic E-state index is 13.2. The van der Waals surface area contributed by atoms with Crippen molar-refractivity contribution >= 4 is 23.4 Å². The molecule has 0 saturated carbocycles. The monoisotopic (exact) mass is 440 g/mol. The Bertz CT molecular complexity index is 887. The molecule has 2 amide bonds. The Morgan fingerprint density at radius 2 is 1.71 bits per heavy atom. The Labute approximate surface area is 191 Å². The highest BCUT2D eigenvalue weighted by molar-refractivity contribution is 6.30. The summed E-state index contributed by atoms with van der Waals surface area (Å²) in [5, 5.41) is 3.75. The summed E-state index contributed by atoms with van der Waals surface area (Å²) in [4.78, 5) is 27.7. The molecule has 1 unspecified atom stereocenters. The highest BCUT2D eigenvalue weighted by Crippen LogP contribution is 2.29.